The van der Waals surface area contributed by atoms with Gasteiger partial charge in [0.15, 0.2) is 0 Å². The molecule has 0 aromatic carbocycles. The van der Waals surface area contributed by atoms with Gasteiger partial charge in [-0.2, -0.15) is 0 Å². The molecule has 0 heterocycles. The fraction of sp³-hybridized carbons (Fsp3) is 0. The van der Waals surface area contributed by atoms with E-state index in [2.05, 4.69) is 0 Å². The van der Waals surface area contributed by atoms with E-state index in [1.807, 2.05) is 0 Å². The molecular formula is C2H8CdN2O. The zero-order chi connectivity index (χ0) is 3.41. The summed E-state index contributed by atoms with van der Waals surface area (Å²) in [6, 6.07) is 0. The third-order valence-corrected chi connectivity index (χ3v) is 0.111. The molecule has 0 atom stereocenters. The van der Waals surface area contributed by atoms with E-state index in [4.69, 9.17) is 11.5 Å². The van der Waals surface area contributed by atoms with Gasteiger partial charge in [0.05, 0.1) is 0 Å². The molecule has 6 N–H and O–H groups in total. The van der Waals surface area contributed by atoms with Gasteiger partial charge in [-0.05, 0) is 0 Å². The van der Waals surface area contributed by atoms with Crippen molar-refractivity contribution >= 4 is 0 Å². The van der Waals surface area contributed by atoms with E-state index in [0.717, 1.165) is 0 Å². The van der Waals surface area contributed by atoms with E-state index in [1.54, 1.807) is 0 Å². The Morgan fingerprint density at radius 3 is 1.17 bits per heavy atom. The fourth-order valence-electron chi connectivity index (χ4n) is 0. The summed E-state index contributed by atoms with van der Waals surface area (Å²) in [7, 11) is 0. The standard InChI is InChI=1S/C2H6N2.Cd.H2O/c3-1-2-4;;/h1-2H,3-4H2;;1H2/b2-1+;;. The van der Waals surface area contributed by atoms with Crippen molar-refractivity contribution < 1.29 is 32.8 Å². The smallest absolute Gasteiger partial charge is 0.00957 e. The normalized spacial score (nSPS) is 6.00. The molecule has 0 unspecified atom stereocenters. The van der Waals surface area contributed by atoms with E-state index in [1.165, 1.54) is 12.4 Å². The molecule has 0 saturated carbocycles. The van der Waals surface area contributed by atoms with Gasteiger partial charge in [-0.25, -0.2) is 0 Å². The molecule has 0 amide bonds. The van der Waals surface area contributed by atoms with E-state index < -0.39 is 0 Å². The van der Waals surface area contributed by atoms with Crippen LogP contribution in [-0.4, -0.2) is 5.48 Å². The van der Waals surface area contributed by atoms with Crippen LogP contribution in [0, 0.1) is 0 Å². The average Bonchev–Trinajstić information content (AvgIpc) is 1.37. The second-order valence-corrected chi connectivity index (χ2v) is 0.385. The summed E-state index contributed by atoms with van der Waals surface area (Å²) in [5, 5.41) is 0. The first-order valence-electron chi connectivity index (χ1n) is 1.00. The van der Waals surface area contributed by atoms with Crippen molar-refractivity contribution in [3.8, 4) is 0 Å². The first-order valence-corrected chi connectivity index (χ1v) is 1.00. The van der Waals surface area contributed by atoms with Crippen molar-refractivity contribution in [1.82, 2.24) is 0 Å². The summed E-state index contributed by atoms with van der Waals surface area (Å²) in [6.07, 6.45) is 2.56. The Labute approximate surface area is 56.9 Å². The van der Waals surface area contributed by atoms with Crippen LogP contribution in [0.25, 0.3) is 0 Å². The van der Waals surface area contributed by atoms with Crippen LogP contribution in [0.15, 0.2) is 12.4 Å². The van der Waals surface area contributed by atoms with Gasteiger partial charge in [-0.1, -0.05) is 0 Å². The molecule has 0 rings (SSSR count). The Bertz CT molecular complexity index is 26.7. The monoisotopic (exact) mass is 190 g/mol. The minimum atomic E-state index is 0. The van der Waals surface area contributed by atoms with Crippen LogP contribution in [0.2, 0.25) is 0 Å². The van der Waals surface area contributed by atoms with Gasteiger partial charge in [-0.3, -0.25) is 0 Å². The summed E-state index contributed by atoms with van der Waals surface area (Å²) < 4.78 is 0. The first-order chi connectivity index (χ1) is 1.91. The Kier molecular flexibility index (Phi) is 51.4. The molecule has 0 spiro atoms. The molecule has 3 nitrogen and oxygen atoms in total. The van der Waals surface area contributed by atoms with E-state index >= 15 is 0 Å². The number of hydrogen-bond donors (Lipinski definition) is 2. The van der Waals surface area contributed by atoms with Gasteiger partial charge >= 0.3 is 0 Å². The van der Waals surface area contributed by atoms with Gasteiger partial charge < -0.3 is 16.9 Å². The van der Waals surface area contributed by atoms with Crippen molar-refractivity contribution in [3.63, 3.8) is 0 Å². The second-order valence-electron chi connectivity index (χ2n) is 0.385. The molecule has 4 heteroatoms. The predicted octanol–water partition coefficient (Wildman–Crippen LogP) is -1.45. The Morgan fingerprint density at radius 2 is 1.17 bits per heavy atom. The minimum Gasteiger partial charge on any atom is -0.412 e. The zero-order valence-electron chi connectivity index (χ0n) is 3.52. The minimum absolute atomic E-state index is 0. The average molecular weight is 189 g/mol. The summed E-state index contributed by atoms with van der Waals surface area (Å²) >= 11 is 0. The molecule has 0 saturated heterocycles. The molecule has 0 aromatic rings. The summed E-state index contributed by atoms with van der Waals surface area (Å²) in [5.41, 5.74) is 9.44. The van der Waals surface area contributed by atoms with Crippen molar-refractivity contribution in [2.24, 2.45) is 11.5 Å². The second kappa shape index (κ2) is 18.9. The molecule has 6 heavy (non-hydrogen) atoms. The molecule has 0 aromatic heterocycles. The maximum absolute atomic E-state index is 4.72. The zero-order valence-corrected chi connectivity index (χ0v) is 7.55. The molecule has 0 bridgehead atoms. The van der Waals surface area contributed by atoms with E-state index in [9.17, 15) is 0 Å². The summed E-state index contributed by atoms with van der Waals surface area (Å²) in [5.74, 6) is 0. The van der Waals surface area contributed by atoms with Gasteiger partial charge in [0, 0.05) is 39.7 Å². The van der Waals surface area contributed by atoms with Gasteiger partial charge in [0.2, 0.25) is 0 Å². The van der Waals surface area contributed by atoms with Crippen LogP contribution in [0.5, 0.6) is 0 Å². The molecule has 0 radical (unpaired) electrons. The topological polar surface area (TPSA) is 83.5 Å². The fourth-order valence-corrected chi connectivity index (χ4v) is 0. The summed E-state index contributed by atoms with van der Waals surface area (Å²) in [4.78, 5) is 0. The SMILES string of the molecule is N/C=C/N.O.[Cd]. The quantitative estimate of drug-likeness (QED) is 0.456. The summed E-state index contributed by atoms with van der Waals surface area (Å²) in [6.45, 7) is 0. The molecule has 0 aliphatic carbocycles. The molecule has 0 aliphatic heterocycles. The van der Waals surface area contributed by atoms with Crippen LogP contribution in [0.4, 0.5) is 0 Å². The third kappa shape index (κ3) is 29.3. The molecule has 0 fully saturated rings. The van der Waals surface area contributed by atoms with Gasteiger partial charge in [0.1, 0.15) is 0 Å². The maximum atomic E-state index is 4.72. The first kappa shape index (κ1) is 16.3. The Morgan fingerprint density at radius 1 is 1.00 bits per heavy atom. The third-order valence-electron chi connectivity index (χ3n) is 0.111. The van der Waals surface area contributed by atoms with Crippen LogP contribution in [-0.2, 0) is 27.3 Å². The van der Waals surface area contributed by atoms with Crippen LogP contribution < -0.4 is 11.5 Å². The number of hydrogen-bond acceptors (Lipinski definition) is 2. The van der Waals surface area contributed by atoms with Crippen molar-refractivity contribution in [2.75, 3.05) is 0 Å². The molecular weight excluding hydrogens is 180 g/mol. The Hall–Kier alpha value is 0.222. The van der Waals surface area contributed by atoms with E-state index in [-0.39, 0.29) is 32.8 Å². The number of nitrogens with two attached hydrogens (primary N) is 2. The maximum Gasteiger partial charge on any atom is 0.00957 e. The van der Waals surface area contributed by atoms with Crippen molar-refractivity contribution in [1.29, 1.82) is 0 Å². The Balaban J connectivity index is -0.0000000450. The predicted molar refractivity (Wildman–Crippen MR) is 21.1 cm³/mol. The van der Waals surface area contributed by atoms with Gasteiger partial charge in [0.25, 0.3) is 0 Å². The van der Waals surface area contributed by atoms with Crippen molar-refractivity contribution in [2.45, 2.75) is 0 Å². The van der Waals surface area contributed by atoms with Crippen molar-refractivity contribution in [3.05, 3.63) is 12.4 Å². The molecule has 34 valence electrons. The largest absolute Gasteiger partial charge is 0.412 e. The van der Waals surface area contributed by atoms with Gasteiger partial charge in [-0.15, -0.1) is 0 Å². The van der Waals surface area contributed by atoms with E-state index in [0.29, 0.717) is 0 Å². The number of rotatable bonds is 0. The van der Waals surface area contributed by atoms with Crippen LogP contribution >= 0.6 is 0 Å². The van der Waals surface area contributed by atoms with Crippen LogP contribution in [0.3, 0.4) is 0 Å². The van der Waals surface area contributed by atoms with Crippen LogP contribution in [0.1, 0.15) is 0 Å². The molecule has 0 aliphatic rings.